The van der Waals surface area contributed by atoms with Crippen LogP contribution >= 0.6 is 0 Å². The van der Waals surface area contributed by atoms with E-state index in [9.17, 15) is 9.90 Å². The fourth-order valence-corrected chi connectivity index (χ4v) is 5.26. The molecule has 4 aromatic carbocycles. The third-order valence-electron chi connectivity index (χ3n) is 7.56. The van der Waals surface area contributed by atoms with Crippen molar-refractivity contribution in [3.05, 3.63) is 101 Å². The van der Waals surface area contributed by atoms with Crippen molar-refractivity contribution < 1.29 is 28.2 Å². The Hall–Kier alpha value is -4.64. The topological polar surface area (TPSA) is 114 Å². The van der Waals surface area contributed by atoms with E-state index in [-0.39, 0.29) is 40.0 Å². The summed E-state index contributed by atoms with van der Waals surface area (Å²) in [5.74, 6) is -2.47. The maximum atomic E-state index is 15.6. The Morgan fingerprint density at radius 2 is 1.70 bits per heavy atom. The second-order valence-electron chi connectivity index (χ2n) is 10.6. The van der Waals surface area contributed by atoms with E-state index in [1.165, 1.54) is 17.7 Å². The zero-order valence-corrected chi connectivity index (χ0v) is 23.4. The first kappa shape index (κ1) is 28.5. The second kappa shape index (κ2) is 11.9. The SMILES string of the molecule is Cc1ccc(Oc2nc3c(F)c(-c4ccc(-c5ccc(CN6CC(OCCN)C6)cc5)cc4)c(F)cc3[nH]2)cc1C(=O)O. The molecule has 1 fully saturated rings. The third-order valence-corrected chi connectivity index (χ3v) is 7.56. The van der Waals surface area contributed by atoms with Crippen LogP contribution in [0.3, 0.4) is 0 Å². The van der Waals surface area contributed by atoms with Crippen LogP contribution in [0, 0.1) is 18.6 Å². The van der Waals surface area contributed by atoms with Crippen LogP contribution in [0.4, 0.5) is 8.78 Å². The molecule has 6 rings (SSSR count). The monoisotopic (exact) mass is 584 g/mol. The van der Waals surface area contributed by atoms with E-state index in [0.29, 0.717) is 24.3 Å². The van der Waals surface area contributed by atoms with Crippen molar-refractivity contribution >= 4 is 17.0 Å². The highest BCUT2D eigenvalue weighted by Gasteiger charge is 2.27. The number of benzene rings is 4. The number of aromatic amines is 1. The number of aromatic carboxylic acids is 1. The molecule has 1 aliphatic rings. The highest BCUT2D eigenvalue weighted by atomic mass is 19.1. The van der Waals surface area contributed by atoms with E-state index < -0.39 is 17.6 Å². The van der Waals surface area contributed by atoms with E-state index in [0.717, 1.165) is 30.8 Å². The van der Waals surface area contributed by atoms with E-state index in [2.05, 4.69) is 27.0 Å². The number of likely N-dealkylation sites (tertiary alicyclic amines) is 1. The lowest BCUT2D eigenvalue weighted by Crippen LogP contribution is -2.51. The Bertz CT molecular complexity index is 1780. The zero-order valence-electron chi connectivity index (χ0n) is 23.4. The van der Waals surface area contributed by atoms with Crippen LogP contribution < -0.4 is 10.5 Å². The Balaban J connectivity index is 1.17. The molecular formula is C33H30F2N4O4. The van der Waals surface area contributed by atoms with Gasteiger partial charge >= 0.3 is 5.97 Å². The largest absolute Gasteiger partial charge is 0.478 e. The molecule has 0 aliphatic carbocycles. The smallest absolute Gasteiger partial charge is 0.336 e. The summed E-state index contributed by atoms with van der Waals surface area (Å²) < 4.78 is 42.1. The minimum Gasteiger partial charge on any atom is -0.478 e. The van der Waals surface area contributed by atoms with Gasteiger partial charge in [0.05, 0.1) is 29.4 Å². The van der Waals surface area contributed by atoms with Crippen LogP contribution in [-0.2, 0) is 11.3 Å². The molecule has 43 heavy (non-hydrogen) atoms. The Labute approximate surface area is 246 Å². The molecule has 220 valence electrons. The van der Waals surface area contributed by atoms with Crippen molar-refractivity contribution in [3.8, 4) is 34.0 Å². The van der Waals surface area contributed by atoms with E-state index in [4.69, 9.17) is 15.2 Å². The summed E-state index contributed by atoms with van der Waals surface area (Å²) in [6, 6.07) is 20.9. The van der Waals surface area contributed by atoms with Crippen LogP contribution in [0.25, 0.3) is 33.3 Å². The van der Waals surface area contributed by atoms with Crippen LogP contribution in [-0.4, -0.2) is 58.3 Å². The number of rotatable bonds is 10. The Morgan fingerprint density at radius 1 is 1.02 bits per heavy atom. The fourth-order valence-electron chi connectivity index (χ4n) is 5.26. The number of ether oxygens (including phenoxy) is 2. The van der Waals surface area contributed by atoms with Crippen LogP contribution in [0.2, 0.25) is 0 Å². The van der Waals surface area contributed by atoms with Crippen LogP contribution in [0.15, 0.2) is 72.8 Å². The van der Waals surface area contributed by atoms with Gasteiger partial charge in [0.1, 0.15) is 17.1 Å². The van der Waals surface area contributed by atoms with Gasteiger partial charge in [-0.1, -0.05) is 54.6 Å². The molecule has 0 amide bonds. The molecular weight excluding hydrogens is 554 g/mol. The highest BCUT2D eigenvalue weighted by molar-refractivity contribution is 5.90. The third kappa shape index (κ3) is 5.98. The van der Waals surface area contributed by atoms with Gasteiger partial charge in [0.25, 0.3) is 6.01 Å². The number of nitrogens with two attached hydrogens (primary N) is 1. The number of fused-ring (bicyclic) bond motifs is 1. The molecule has 10 heteroatoms. The van der Waals surface area contributed by atoms with Gasteiger partial charge < -0.3 is 25.3 Å². The number of aromatic nitrogens is 2. The average Bonchev–Trinajstić information content (AvgIpc) is 3.38. The summed E-state index contributed by atoms with van der Waals surface area (Å²) in [5, 5.41) is 9.36. The molecule has 1 aromatic heterocycles. The van der Waals surface area contributed by atoms with Crippen molar-refractivity contribution in [1.29, 1.82) is 0 Å². The lowest BCUT2D eigenvalue weighted by molar-refractivity contribution is -0.0549. The van der Waals surface area contributed by atoms with Crippen molar-refractivity contribution in [2.45, 2.75) is 19.6 Å². The molecule has 0 unspecified atom stereocenters. The summed E-state index contributed by atoms with van der Waals surface area (Å²) in [5.41, 5.74) is 9.45. The fraction of sp³-hybridized carbons (Fsp3) is 0.212. The Morgan fingerprint density at radius 3 is 2.37 bits per heavy atom. The van der Waals surface area contributed by atoms with E-state index >= 15 is 8.78 Å². The lowest BCUT2D eigenvalue weighted by Gasteiger charge is -2.38. The summed E-state index contributed by atoms with van der Waals surface area (Å²) in [6.07, 6.45) is 0.257. The molecule has 1 saturated heterocycles. The molecule has 0 atom stereocenters. The predicted molar refractivity (Wildman–Crippen MR) is 159 cm³/mol. The first-order valence-electron chi connectivity index (χ1n) is 13.9. The number of hydrogen-bond acceptors (Lipinski definition) is 6. The molecule has 0 bridgehead atoms. The summed E-state index contributed by atoms with van der Waals surface area (Å²) in [6.45, 7) is 5.43. The highest BCUT2D eigenvalue weighted by Crippen LogP contribution is 2.34. The zero-order chi connectivity index (χ0) is 30.1. The van der Waals surface area contributed by atoms with Crippen molar-refractivity contribution in [1.82, 2.24) is 14.9 Å². The van der Waals surface area contributed by atoms with Gasteiger partial charge in [-0.3, -0.25) is 4.90 Å². The number of carbonyl (C=O) groups is 1. The van der Waals surface area contributed by atoms with Gasteiger partial charge in [-0.25, -0.2) is 13.6 Å². The lowest BCUT2D eigenvalue weighted by atomic mass is 9.98. The molecule has 1 aliphatic heterocycles. The molecule has 0 radical (unpaired) electrons. The maximum absolute atomic E-state index is 15.6. The minimum atomic E-state index is -1.10. The summed E-state index contributed by atoms with van der Waals surface area (Å²) in [4.78, 5) is 20.7. The number of halogens is 2. The maximum Gasteiger partial charge on any atom is 0.336 e. The number of nitrogens with zero attached hydrogens (tertiary/aromatic N) is 2. The molecule has 2 heterocycles. The van der Waals surface area contributed by atoms with Gasteiger partial charge in [-0.15, -0.1) is 0 Å². The number of hydrogen-bond donors (Lipinski definition) is 3. The van der Waals surface area contributed by atoms with Crippen LogP contribution in [0.1, 0.15) is 21.5 Å². The van der Waals surface area contributed by atoms with Crippen LogP contribution in [0.5, 0.6) is 11.8 Å². The minimum absolute atomic E-state index is 0.0714. The van der Waals surface area contributed by atoms with Gasteiger partial charge in [-0.2, -0.15) is 4.98 Å². The number of imidazole rings is 1. The summed E-state index contributed by atoms with van der Waals surface area (Å²) >= 11 is 0. The number of aryl methyl sites for hydroxylation is 1. The normalized spacial score (nSPS) is 13.8. The quantitative estimate of drug-likeness (QED) is 0.181. The Kier molecular flexibility index (Phi) is 7.90. The van der Waals surface area contributed by atoms with Crippen molar-refractivity contribution in [3.63, 3.8) is 0 Å². The predicted octanol–water partition coefficient (Wildman–Crippen LogP) is 6.13. The van der Waals surface area contributed by atoms with Gasteiger partial charge in [0.15, 0.2) is 5.82 Å². The molecule has 5 aromatic rings. The standard InChI is InChI=1S/C33H30F2N4O4/c1-19-2-11-24(14-26(19)32(40)41)43-33-37-28-15-27(34)29(30(35)31(28)38-33)23-9-7-22(8-10-23)21-5-3-20(4-6-21)16-39-17-25(18-39)42-13-12-36/h2-11,14-15,25H,12-13,16-18,36H2,1H3,(H,37,38)(H,40,41). The van der Waals surface area contributed by atoms with Gasteiger partial charge in [-0.05, 0) is 46.9 Å². The average molecular weight is 585 g/mol. The number of carboxylic acids is 1. The van der Waals surface area contributed by atoms with Gasteiger partial charge in [0, 0.05) is 32.2 Å². The number of nitrogens with one attached hydrogen (secondary N) is 1. The van der Waals surface area contributed by atoms with E-state index in [1.54, 1.807) is 31.2 Å². The number of carboxylic acid groups (broad SMARTS) is 1. The van der Waals surface area contributed by atoms with Crippen molar-refractivity contribution in [2.24, 2.45) is 5.73 Å². The first-order valence-corrected chi connectivity index (χ1v) is 13.9. The van der Waals surface area contributed by atoms with Crippen molar-refractivity contribution in [2.75, 3.05) is 26.2 Å². The molecule has 4 N–H and O–H groups in total. The van der Waals surface area contributed by atoms with E-state index in [1.807, 2.05) is 24.3 Å². The molecule has 0 saturated carbocycles. The molecule has 0 spiro atoms. The molecule has 8 nitrogen and oxygen atoms in total. The van der Waals surface area contributed by atoms with Gasteiger partial charge in [0.2, 0.25) is 0 Å². The summed E-state index contributed by atoms with van der Waals surface area (Å²) in [7, 11) is 0. The second-order valence-corrected chi connectivity index (χ2v) is 10.6. The first-order chi connectivity index (χ1) is 20.8. The number of H-pyrrole nitrogens is 1.